The summed E-state index contributed by atoms with van der Waals surface area (Å²) < 4.78 is 29.2. The lowest BCUT2D eigenvalue weighted by Crippen LogP contribution is -2.25. The van der Waals surface area contributed by atoms with Crippen LogP contribution in [0.25, 0.3) is 10.4 Å². The molecule has 0 spiro atoms. The molecule has 9 heteroatoms. The molecule has 6 nitrogen and oxygen atoms in total. The molecule has 1 aliphatic carbocycles. The van der Waals surface area contributed by atoms with Gasteiger partial charge in [0.15, 0.2) is 5.82 Å². The van der Waals surface area contributed by atoms with Crippen molar-refractivity contribution in [2.75, 3.05) is 11.5 Å². The number of aliphatic hydroxyl groups is 2. The SMILES string of the molecule is CC(O)(CO)c1ncc(-c2cc(F)cc(N(c3ccccc3)c3ncc(F)c(C4CC4)n3)c2)s1. The van der Waals surface area contributed by atoms with E-state index in [2.05, 4.69) is 15.0 Å². The molecule has 0 radical (unpaired) electrons. The average molecular weight is 481 g/mol. The maximum Gasteiger partial charge on any atom is 0.235 e. The van der Waals surface area contributed by atoms with E-state index in [0.29, 0.717) is 32.5 Å². The summed E-state index contributed by atoms with van der Waals surface area (Å²) >= 11 is 1.17. The van der Waals surface area contributed by atoms with Gasteiger partial charge in [-0.1, -0.05) is 18.2 Å². The Bertz CT molecular complexity index is 1330. The zero-order valence-corrected chi connectivity index (χ0v) is 19.1. The van der Waals surface area contributed by atoms with Gasteiger partial charge in [-0.25, -0.2) is 23.7 Å². The molecule has 0 bridgehead atoms. The molecule has 1 fully saturated rings. The Hall–Kier alpha value is -3.27. The van der Waals surface area contributed by atoms with Gasteiger partial charge in [-0.15, -0.1) is 11.3 Å². The van der Waals surface area contributed by atoms with Crippen LogP contribution in [0.1, 0.15) is 36.4 Å². The highest BCUT2D eigenvalue weighted by molar-refractivity contribution is 7.15. The molecule has 2 aromatic heterocycles. The number of nitrogens with zero attached hydrogens (tertiary/aromatic N) is 4. The summed E-state index contributed by atoms with van der Waals surface area (Å²) in [5.41, 5.74) is 0.578. The average Bonchev–Trinajstić information content (AvgIpc) is 3.55. The Labute approximate surface area is 199 Å². The summed E-state index contributed by atoms with van der Waals surface area (Å²) in [5, 5.41) is 20.1. The van der Waals surface area contributed by atoms with Gasteiger partial charge < -0.3 is 10.2 Å². The molecule has 5 rings (SSSR count). The number of rotatable bonds is 7. The first-order valence-corrected chi connectivity index (χ1v) is 11.7. The third-order valence-electron chi connectivity index (χ3n) is 5.64. The summed E-state index contributed by atoms with van der Waals surface area (Å²) in [6.07, 6.45) is 4.47. The highest BCUT2D eigenvalue weighted by Gasteiger charge is 2.30. The van der Waals surface area contributed by atoms with Crippen molar-refractivity contribution in [3.63, 3.8) is 0 Å². The second-order valence-electron chi connectivity index (χ2n) is 8.51. The molecule has 0 amide bonds. The van der Waals surface area contributed by atoms with Crippen molar-refractivity contribution in [1.29, 1.82) is 0 Å². The minimum Gasteiger partial charge on any atom is -0.393 e. The maximum absolute atomic E-state index is 14.9. The van der Waals surface area contributed by atoms with Crippen molar-refractivity contribution in [1.82, 2.24) is 15.0 Å². The van der Waals surface area contributed by atoms with Gasteiger partial charge in [0.25, 0.3) is 0 Å². The Morgan fingerprint density at radius 2 is 1.82 bits per heavy atom. The predicted octanol–water partition coefficient (Wildman–Crippen LogP) is 5.43. The van der Waals surface area contributed by atoms with Crippen LogP contribution in [0.15, 0.2) is 60.9 Å². The third-order valence-corrected chi connectivity index (χ3v) is 6.94. The molecular formula is C25H22F2N4O2S. The van der Waals surface area contributed by atoms with Gasteiger partial charge in [0.05, 0.1) is 29.1 Å². The predicted molar refractivity (Wildman–Crippen MR) is 126 cm³/mol. The van der Waals surface area contributed by atoms with Gasteiger partial charge in [0.2, 0.25) is 5.95 Å². The van der Waals surface area contributed by atoms with Gasteiger partial charge in [0.1, 0.15) is 16.4 Å². The molecule has 1 aliphatic rings. The first-order valence-electron chi connectivity index (χ1n) is 10.8. The normalized spacial score (nSPS) is 15.2. The second-order valence-corrected chi connectivity index (χ2v) is 9.54. The molecule has 2 aromatic carbocycles. The van der Waals surface area contributed by atoms with Crippen molar-refractivity contribution in [2.45, 2.75) is 31.3 Å². The molecule has 2 N–H and O–H groups in total. The lowest BCUT2D eigenvalue weighted by Gasteiger charge is -2.24. The van der Waals surface area contributed by atoms with E-state index in [9.17, 15) is 19.0 Å². The fraction of sp³-hybridized carbons (Fsp3) is 0.240. The van der Waals surface area contributed by atoms with Gasteiger partial charge in [0, 0.05) is 17.8 Å². The third kappa shape index (κ3) is 4.42. The fourth-order valence-electron chi connectivity index (χ4n) is 3.65. The van der Waals surface area contributed by atoms with Crippen LogP contribution in [0, 0.1) is 11.6 Å². The Morgan fingerprint density at radius 3 is 2.53 bits per heavy atom. The number of aliphatic hydroxyl groups excluding tert-OH is 1. The number of para-hydroxylation sites is 1. The van der Waals surface area contributed by atoms with Gasteiger partial charge in [-0.05, 0) is 55.7 Å². The lowest BCUT2D eigenvalue weighted by atomic mass is 10.1. The first kappa shape index (κ1) is 22.5. The van der Waals surface area contributed by atoms with Crippen LogP contribution < -0.4 is 4.90 Å². The number of benzene rings is 2. The number of anilines is 3. The van der Waals surface area contributed by atoms with Crippen LogP contribution in [0.3, 0.4) is 0 Å². The minimum atomic E-state index is -1.49. The van der Waals surface area contributed by atoms with Crippen molar-refractivity contribution >= 4 is 28.7 Å². The fourth-order valence-corrected chi connectivity index (χ4v) is 4.59. The van der Waals surface area contributed by atoms with E-state index in [1.807, 2.05) is 30.3 Å². The number of aromatic nitrogens is 3. The molecule has 0 saturated heterocycles. The smallest absolute Gasteiger partial charge is 0.235 e. The molecule has 174 valence electrons. The standard InChI is InChI=1S/C25H22F2N4O2S/c1-25(33,14-32)23-28-13-21(34-23)16-9-17(26)11-19(10-16)31(18-5-3-2-4-6-18)24-29-12-20(27)22(30-24)15-7-8-15/h2-6,9-13,15,32-33H,7-8,14H2,1H3. The van der Waals surface area contributed by atoms with Gasteiger partial charge in [-0.3, -0.25) is 4.90 Å². The van der Waals surface area contributed by atoms with Crippen molar-refractivity contribution in [3.8, 4) is 10.4 Å². The lowest BCUT2D eigenvalue weighted by molar-refractivity contribution is -0.00244. The van der Waals surface area contributed by atoms with Crippen molar-refractivity contribution in [3.05, 3.63) is 83.3 Å². The second kappa shape index (κ2) is 8.83. The highest BCUT2D eigenvalue weighted by Crippen LogP contribution is 2.42. The molecule has 1 atom stereocenters. The van der Waals surface area contributed by atoms with E-state index in [0.717, 1.165) is 12.8 Å². The minimum absolute atomic E-state index is 0.0809. The summed E-state index contributed by atoms with van der Waals surface area (Å²) in [6.45, 7) is 0.981. The zero-order chi connectivity index (χ0) is 23.9. The Kier molecular flexibility index (Phi) is 5.85. The Balaban J connectivity index is 1.62. The topological polar surface area (TPSA) is 82.4 Å². The summed E-state index contributed by atoms with van der Waals surface area (Å²) in [5.74, 6) is -0.592. The summed E-state index contributed by atoms with van der Waals surface area (Å²) in [7, 11) is 0. The largest absolute Gasteiger partial charge is 0.393 e. The van der Waals surface area contributed by atoms with Crippen molar-refractivity contribution in [2.24, 2.45) is 0 Å². The van der Waals surface area contributed by atoms with Gasteiger partial charge in [-0.2, -0.15) is 0 Å². The van der Waals surface area contributed by atoms with E-state index < -0.39 is 23.8 Å². The van der Waals surface area contributed by atoms with Crippen LogP contribution in [-0.4, -0.2) is 31.8 Å². The highest BCUT2D eigenvalue weighted by atomic mass is 32.1. The summed E-state index contributed by atoms with van der Waals surface area (Å²) in [4.78, 5) is 15.3. The van der Waals surface area contributed by atoms with Crippen molar-refractivity contribution < 1.29 is 19.0 Å². The maximum atomic E-state index is 14.9. The number of hydrogen-bond acceptors (Lipinski definition) is 7. The molecule has 34 heavy (non-hydrogen) atoms. The number of thiazole rings is 1. The van der Waals surface area contributed by atoms with E-state index in [-0.39, 0.29) is 11.9 Å². The van der Waals surface area contributed by atoms with E-state index in [1.165, 1.54) is 42.8 Å². The van der Waals surface area contributed by atoms with Crippen LogP contribution in [0.2, 0.25) is 0 Å². The van der Waals surface area contributed by atoms with Crippen LogP contribution >= 0.6 is 11.3 Å². The molecule has 2 heterocycles. The zero-order valence-electron chi connectivity index (χ0n) is 18.3. The molecular weight excluding hydrogens is 458 g/mol. The molecule has 4 aromatic rings. The van der Waals surface area contributed by atoms with Crippen LogP contribution in [0.4, 0.5) is 26.1 Å². The van der Waals surface area contributed by atoms with Gasteiger partial charge >= 0.3 is 0 Å². The van der Waals surface area contributed by atoms with E-state index in [4.69, 9.17) is 0 Å². The first-order chi connectivity index (χ1) is 16.4. The monoisotopic (exact) mass is 480 g/mol. The van der Waals surface area contributed by atoms with E-state index >= 15 is 0 Å². The van der Waals surface area contributed by atoms with Crippen LogP contribution in [0.5, 0.6) is 0 Å². The number of halogens is 2. The van der Waals surface area contributed by atoms with E-state index in [1.54, 1.807) is 11.0 Å². The summed E-state index contributed by atoms with van der Waals surface area (Å²) in [6, 6.07) is 13.8. The molecule has 0 aliphatic heterocycles. The number of hydrogen-bond donors (Lipinski definition) is 2. The quantitative estimate of drug-likeness (QED) is 0.367. The van der Waals surface area contributed by atoms with Crippen LogP contribution in [-0.2, 0) is 5.60 Å². The molecule has 1 unspecified atom stereocenters. The Morgan fingerprint density at radius 1 is 1.06 bits per heavy atom. The molecule has 1 saturated carbocycles.